The summed E-state index contributed by atoms with van der Waals surface area (Å²) in [5.74, 6) is 1.02. The summed E-state index contributed by atoms with van der Waals surface area (Å²) in [7, 11) is 0. The summed E-state index contributed by atoms with van der Waals surface area (Å²) < 4.78 is 11.6. The molecule has 1 aromatic carbocycles. The minimum absolute atomic E-state index is 0.472. The van der Waals surface area contributed by atoms with E-state index in [2.05, 4.69) is 30.4 Å². The zero-order valence-electron chi connectivity index (χ0n) is 12.6. The third-order valence-corrected chi connectivity index (χ3v) is 3.67. The second-order valence-electron chi connectivity index (χ2n) is 5.41. The van der Waals surface area contributed by atoms with Crippen LogP contribution < -0.4 is 10.1 Å². The van der Waals surface area contributed by atoms with E-state index in [1.165, 1.54) is 18.4 Å². The molecule has 2 rings (SSSR count). The Hall–Kier alpha value is -1.06. The molecular weight excluding hydrogens is 250 g/mol. The highest BCUT2D eigenvalue weighted by molar-refractivity contribution is 5.33. The van der Waals surface area contributed by atoms with Gasteiger partial charge >= 0.3 is 0 Å². The second kappa shape index (κ2) is 8.98. The lowest BCUT2D eigenvalue weighted by Gasteiger charge is -2.13. The van der Waals surface area contributed by atoms with Crippen LogP contribution in [0, 0.1) is 0 Å². The van der Waals surface area contributed by atoms with Gasteiger partial charge in [0.15, 0.2) is 0 Å². The van der Waals surface area contributed by atoms with Crippen molar-refractivity contribution in [1.29, 1.82) is 0 Å². The van der Waals surface area contributed by atoms with Gasteiger partial charge in [0.25, 0.3) is 0 Å². The van der Waals surface area contributed by atoms with E-state index in [4.69, 9.17) is 9.47 Å². The highest BCUT2D eigenvalue weighted by Crippen LogP contribution is 2.20. The first kappa shape index (κ1) is 15.3. The van der Waals surface area contributed by atoms with Crippen LogP contribution in [0.3, 0.4) is 0 Å². The molecule has 3 heteroatoms. The van der Waals surface area contributed by atoms with Gasteiger partial charge in [-0.15, -0.1) is 0 Å². The molecule has 112 valence electrons. The molecule has 1 atom stereocenters. The highest BCUT2D eigenvalue weighted by atomic mass is 16.5. The summed E-state index contributed by atoms with van der Waals surface area (Å²) in [5, 5.41) is 3.43. The van der Waals surface area contributed by atoms with Gasteiger partial charge in [-0.05, 0) is 44.7 Å². The molecule has 0 bridgehead atoms. The normalized spacial score (nSPS) is 18.4. The van der Waals surface area contributed by atoms with Crippen LogP contribution in [0.5, 0.6) is 5.75 Å². The van der Waals surface area contributed by atoms with Crippen LogP contribution >= 0.6 is 0 Å². The highest BCUT2D eigenvalue weighted by Gasteiger charge is 2.14. The van der Waals surface area contributed by atoms with Gasteiger partial charge in [-0.3, -0.25) is 0 Å². The third kappa shape index (κ3) is 5.14. The molecule has 20 heavy (non-hydrogen) atoms. The smallest absolute Gasteiger partial charge is 0.123 e. The van der Waals surface area contributed by atoms with E-state index in [1.807, 2.05) is 6.07 Å². The summed E-state index contributed by atoms with van der Waals surface area (Å²) in [6, 6.07) is 8.31. The van der Waals surface area contributed by atoms with Crippen molar-refractivity contribution in [2.24, 2.45) is 0 Å². The minimum Gasteiger partial charge on any atom is -0.493 e. The molecule has 0 amide bonds. The fourth-order valence-electron chi connectivity index (χ4n) is 2.56. The molecule has 0 spiro atoms. The van der Waals surface area contributed by atoms with Crippen LogP contribution in [0.25, 0.3) is 0 Å². The predicted octanol–water partition coefficient (Wildman–Crippen LogP) is 3.52. The summed E-state index contributed by atoms with van der Waals surface area (Å²) in [6.07, 6.45) is 6.26. The first-order valence-electron chi connectivity index (χ1n) is 7.93. The third-order valence-electron chi connectivity index (χ3n) is 3.67. The SMILES string of the molecule is CCCNCc1ccccc1OCCCC1CCCO1. The number of benzene rings is 1. The maximum Gasteiger partial charge on any atom is 0.123 e. The van der Waals surface area contributed by atoms with E-state index in [-0.39, 0.29) is 0 Å². The number of hydrogen-bond acceptors (Lipinski definition) is 3. The van der Waals surface area contributed by atoms with Crippen molar-refractivity contribution >= 4 is 0 Å². The average molecular weight is 277 g/mol. The summed E-state index contributed by atoms with van der Waals surface area (Å²) in [4.78, 5) is 0. The van der Waals surface area contributed by atoms with Crippen molar-refractivity contribution in [3.8, 4) is 5.75 Å². The Bertz CT molecular complexity index is 375. The molecule has 0 radical (unpaired) electrons. The maximum absolute atomic E-state index is 5.93. The average Bonchev–Trinajstić information content (AvgIpc) is 2.98. The van der Waals surface area contributed by atoms with Crippen LogP contribution in [0.1, 0.15) is 44.6 Å². The van der Waals surface area contributed by atoms with Crippen molar-refractivity contribution in [2.75, 3.05) is 19.8 Å². The zero-order valence-corrected chi connectivity index (χ0v) is 12.6. The van der Waals surface area contributed by atoms with Gasteiger partial charge in [-0.25, -0.2) is 0 Å². The molecule has 3 nitrogen and oxygen atoms in total. The van der Waals surface area contributed by atoms with Crippen LogP contribution in [0.4, 0.5) is 0 Å². The molecule has 1 aliphatic rings. The van der Waals surface area contributed by atoms with E-state index >= 15 is 0 Å². The molecule has 1 aromatic rings. The number of rotatable bonds is 9. The first-order valence-corrected chi connectivity index (χ1v) is 7.93. The fourth-order valence-corrected chi connectivity index (χ4v) is 2.56. The van der Waals surface area contributed by atoms with Crippen LogP contribution in [0.2, 0.25) is 0 Å². The van der Waals surface area contributed by atoms with Crippen molar-refractivity contribution in [3.63, 3.8) is 0 Å². The molecule has 1 saturated heterocycles. The van der Waals surface area contributed by atoms with Gasteiger partial charge < -0.3 is 14.8 Å². The van der Waals surface area contributed by atoms with Crippen molar-refractivity contribution in [3.05, 3.63) is 29.8 Å². The maximum atomic E-state index is 5.93. The minimum atomic E-state index is 0.472. The van der Waals surface area contributed by atoms with Crippen LogP contribution in [-0.2, 0) is 11.3 Å². The molecule has 0 aromatic heterocycles. The Morgan fingerprint density at radius 1 is 1.35 bits per heavy atom. The van der Waals surface area contributed by atoms with Crippen molar-refractivity contribution < 1.29 is 9.47 Å². The lowest BCUT2D eigenvalue weighted by Crippen LogP contribution is -2.15. The van der Waals surface area contributed by atoms with Crippen LogP contribution in [-0.4, -0.2) is 25.9 Å². The number of nitrogens with one attached hydrogen (secondary N) is 1. The Labute approximate surface area is 122 Å². The fraction of sp³-hybridized carbons (Fsp3) is 0.647. The van der Waals surface area contributed by atoms with E-state index < -0.39 is 0 Å². The molecule has 1 heterocycles. The Balaban J connectivity index is 1.70. The standard InChI is InChI=1S/C17H27NO2/c1-2-11-18-14-15-7-3-4-10-17(15)20-13-6-9-16-8-5-12-19-16/h3-4,7,10,16,18H,2,5-6,8-9,11-14H2,1H3. The van der Waals surface area contributed by atoms with Gasteiger partial charge in [0, 0.05) is 18.7 Å². The van der Waals surface area contributed by atoms with Crippen molar-refractivity contribution in [2.45, 2.75) is 51.7 Å². The number of ether oxygens (including phenoxy) is 2. The van der Waals surface area contributed by atoms with Crippen molar-refractivity contribution in [1.82, 2.24) is 5.32 Å². The molecule has 1 unspecified atom stereocenters. The Morgan fingerprint density at radius 2 is 2.25 bits per heavy atom. The molecular formula is C17H27NO2. The van der Waals surface area contributed by atoms with E-state index in [0.29, 0.717) is 6.10 Å². The summed E-state index contributed by atoms with van der Waals surface area (Å²) in [6.45, 7) is 5.84. The first-order chi connectivity index (χ1) is 9.90. The van der Waals surface area contributed by atoms with Crippen LogP contribution in [0.15, 0.2) is 24.3 Å². The van der Waals surface area contributed by atoms with E-state index in [0.717, 1.165) is 51.3 Å². The lowest BCUT2D eigenvalue weighted by molar-refractivity contribution is 0.0981. The summed E-state index contributed by atoms with van der Waals surface area (Å²) in [5.41, 5.74) is 1.25. The topological polar surface area (TPSA) is 30.5 Å². The molecule has 1 N–H and O–H groups in total. The van der Waals surface area contributed by atoms with Gasteiger partial charge in [-0.2, -0.15) is 0 Å². The number of para-hydroxylation sites is 1. The molecule has 0 saturated carbocycles. The van der Waals surface area contributed by atoms with E-state index in [1.54, 1.807) is 0 Å². The quantitative estimate of drug-likeness (QED) is 0.701. The Morgan fingerprint density at radius 3 is 3.05 bits per heavy atom. The zero-order chi connectivity index (χ0) is 14.0. The van der Waals surface area contributed by atoms with E-state index in [9.17, 15) is 0 Å². The molecule has 0 aliphatic carbocycles. The molecule has 1 fully saturated rings. The van der Waals surface area contributed by atoms with Gasteiger partial charge in [0.2, 0.25) is 0 Å². The van der Waals surface area contributed by atoms with Gasteiger partial charge in [0.1, 0.15) is 5.75 Å². The largest absolute Gasteiger partial charge is 0.493 e. The monoisotopic (exact) mass is 277 g/mol. The second-order valence-corrected chi connectivity index (χ2v) is 5.41. The number of hydrogen-bond donors (Lipinski definition) is 1. The summed E-state index contributed by atoms with van der Waals surface area (Å²) >= 11 is 0. The molecule has 1 aliphatic heterocycles. The van der Waals surface area contributed by atoms with Gasteiger partial charge in [0.05, 0.1) is 12.7 Å². The van der Waals surface area contributed by atoms with Gasteiger partial charge in [-0.1, -0.05) is 25.1 Å². The Kier molecular flexibility index (Phi) is 6.89. The lowest BCUT2D eigenvalue weighted by atomic mass is 10.1. The predicted molar refractivity (Wildman–Crippen MR) is 82.1 cm³/mol.